The maximum Gasteiger partial charge on any atom is 0.326 e. The average Bonchev–Trinajstić information content (AvgIpc) is 3.15. The molecule has 2 aromatic heterocycles. The predicted molar refractivity (Wildman–Crippen MR) is 79.5 cm³/mol. The van der Waals surface area contributed by atoms with Gasteiger partial charge in [0.25, 0.3) is 5.91 Å². The van der Waals surface area contributed by atoms with Gasteiger partial charge in [-0.3, -0.25) is 4.79 Å². The molecule has 22 heavy (non-hydrogen) atoms. The summed E-state index contributed by atoms with van der Waals surface area (Å²) in [6.07, 6.45) is 3.18. The number of benzene rings is 1. The van der Waals surface area contributed by atoms with E-state index >= 15 is 0 Å². The smallest absolute Gasteiger partial charge is 0.326 e. The van der Waals surface area contributed by atoms with Crippen molar-refractivity contribution in [3.8, 4) is 0 Å². The van der Waals surface area contributed by atoms with Gasteiger partial charge in [-0.05, 0) is 12.1 Å². The minimum absolute atomic E-state index is 0.116. The monoisotopic (exact) mass is 298 g/mol. The number of para-hydroxylation sites is 1. The van der Waals surface area contributed by atoms with E-state index < -0.39 is 17.9 Å². The molecule has 112 valence electrons. The van der Waals surface area contributed by atoms with Crippen LogP contribution >= 0.6 is 0 Å². The number of imidazole rings is 1. The van der Waals surface area contributed by atoms with Crippen molar-refractivity contribution in [3.05, 3.63) is 54.2 Å². The highest BCUT2D eigenvalue weighted by Gasteiger charge is 2.22. The molecule has 1 unspecified atom stereocenters. The molecular weight excluding hydrogens is 284 g/mol. The molecule has 1 atom stereocenters. The summed E-state index contributed by atoms with van der Waals surface area (Å²) in [4.78, 5) is 33.2. The third-order valence-corrected chi connectivity index (χ3v) is 3.35. The Balaban J connectivity index is 1.77. The van der Waals surface area contributed by atoms with Crippen LogP contribution in [0, 0.1) is 0 Å². The molecule has 0 bridgehead atoms. The first-order valence-corrected chi connectivity index (χ1v) is 6.72. The van der Waals surface area contributed by atoms with Gasteiger partial charge in [-0.1, -0.05) is 18.2 Å². The number of carboxylic acid groups (broad SMARTS) is 1. The second-order valence-corrected chi connectivity index (χ2v) is 4.90. The fraction of sp³-hybridized carbons (Fsp3) is 0.133. The van der Waals surface area contributed by atoms with Crippen molar-refractivity contribution in [2.24, 2.45) is 0 Å². The minimum Gasteiger partial charge on any atom is -0.480 e. The fourth-order valence-electron chi connectivity index (χ4n) is 2.24. The van der Waals surface area contributed by atoms with Crippen LogP contribution in [-0.4, -0.2) is 38.0 Å². The summed E-state index contributed by atoms with van der Waals surface area (Å²) in [5.41, 5.74) is 1.73. The summed E-state index contributed by atoms with van der Waals surface area (Å²) < 4.78 is 0. The molecule has 1 amide bonds. The Bertz CT molecular complexity index is 774. The van der Waals surface area contributed by atoms with E-state index in [2.05, 4.69) is 20.3 Å². The number of aromatic nitrogens is 3. The molecule has 0 aliphatic rings. The summed E-state index contributed by atoms with van der Waals surface area (Å²) >= 11 is 0. The highest BCUT2D eigenvalue weighted by molar-refractivity contribution is 5.99. The molecule has 2 heterocycles. The van der Waals surface area contributed by atoms with Crippen molar-refractivity contribution in [1.82, 2.24) is 20.3 Å². The Hall–Kier alpha value is -3.09. The average molecular weight is 298 g/mol. The van der Waals surface area contributed by atoms with Crippen LogP contribution in [0.25, 0.3) is 10.9 Å². The first-order valence-electron chi connectivity index (χ1n) is 6.72. The molecule has 7 nitrogen and oxygen atoms in total. The van der Waals surface area contributed by atoms with E-state index in [1.165, 1.54) is 6.33 Å². The molecule has 0 aliphatic carbocycles. The van der Waals surface area contributed by atoms with Crippen molar-refractivity contribution < 1.29 is 14.7 Å². The second kappa shape index (κ2) is 5.72. The first kappa shape index (κ1) is 13.9. The van der Waals surface area contributed by atoms with E-state index in [0.717, 1.165) is 10.9 Å². The zero-order valence-electron chi connectivity index (χ0n) is 11.5. The zero-order chi connectivity index (χ0) is 15.5. The summed E-state index contributed by atoms with van der Waals surface area (Å²) in [5, 5.41) is 12.6. The highest BCUT2D eigenvalue weighted by atomic mass is 16.4. The van der Waals surface area contributed by atoms with Gasteiger partial charge in [0.2, 0.25) is 0 Å². The number of rotatable bonds is 5. The Morgan fingerprint density at radius 2 is 2.14 bits per heavy atom. The van der Waals surface area contributed by atoms with Gasteiger partial charge in [0, 0.05) is 23.5 Å². The van der Waals surface area contributed by atoms with Gasteiger partial charge in [-0.25, -0.2) is 9.78 Å². The van der Waals surface area contributed by atoms with Gasteiger partial charge in [0.05, 0.1) is 12.0 Å². The number of hydrogen-bond donors (Lipinski definition) is 4. The maximum atomic E-state index is 12.2. The van der Waals surface area contributed by atoms with Crippen LogP contribution in [-0.2, 0) is 11.2 Å². The molecular formula is C15H14N4O3. The van der Waals surface area contributed by atoms with Crippen LogP contribution in [0.1, 0.15) is 16.2 Å². The quantitative estimate of drug-likeness (QED) is 0.569. The molecule has 0 aliphatic heterocycles. The van der Waals surface area contributed by atoms with Crippen molar-refractivity contribution in [3.63, 3.8) is 0 Å². The lowest BCUT2D eigenvalue weighted by Crippen LogP contribution is -2.42. The van der Waals surface area contributed by atoms with Crippen LogP contribution < -0.4 is 5.32 Å². The Labute approximate surface area is 125 Å². The number of amides is 1. The number of hydrogen-bond acceptors (Lipinski definition) is 3. The molecule has 3 aromatic rings. The number of carbonyl (C=O) groups excluding carboxylic acids is 1. The van der Waals surface area contributed by atoms with E-state index in [1.54, 1.807) is 12.3 Å². The molecule has 4 N–H and O–H groups in total. The highest BCUT2D eigenvalue weighted by Crippen LogP contribution is 2.14. The molecule has 7 heteroatoms. The van der Waals surface area contributed by atoms with Gasteiger partial charge >= 0.3 is 5.97 Å². The van der Waals surface area contributed by atoms with Crippen molar-refractivity contribution in [1.29, 1.82) is 0 Å². The molecule has 1 aromatic carbocycles. The lowest BCUT2D eigenvalue weighted by Gasteiger charge is -2.12. The van der Waals surface area contributed by atoms with Crippen LogP contribution in [0.15, 0.2) is 42.9 Å². The lowest BCUT2D eigenvalue weighted by atomic mass is 10.1. The number of H-pyrrole nitrogens is 2. The number of nitrogens with zero attached hydrogens (tertiary/aromatic N) is 1. The molecule has 0 radical (unpaired) electrons. The number of nitrogens with one attached hydrogen (secondary N) is 3. The maximum absolute atomic E-state index is 12.2. The van der Waals surface area contributed by atoms with Gasteiger partial charge in [-0.2, -0.15) is 0 Å². The van der Waals surface area contributed by atoms with E-state index in [0.29, 0.717) is 11.4 Å². The van der Waals surface area contributed by atoms with Gasteiger partial charge in [-0.15, -0.1) is 0 Å². The Kier molecular flexibility index (Phi) is 3.61. The van der Waals surface area contributed by atoms with Crippen molar-refractivity contribution in [2.45, 2.75) is 12.5 Å². The number of carbonyl (C=O) groups is 2. The summed E-state index contributed by atoms with van der Waals surface area (Å²) in [6, 6.07) is 8.11. The molecule has 0 saturated carbocycles. The largest absolute Gasteiger partial charge is 0.480 e. The lowest BCUT2D eigenvalue weighted by molar-refractivity contribution is -0.139. The van der Waals surface area contributed by atoms with E-state index in [-0.39, 0.29) is 6.42 Å². The SMILES string of the molecule is O=C(NC(Cc1c[nH]cn1)C(=O)O)c1cc2ccccc2[nH]1. The standard InChI is InChI=1S/C15H14N4O3/c20-14(12-5-9-3-1-2-4-11(9)18-12)19-13(15(21)22)6-10-7-16-8-17-10/h1-5,7-8,13,18H,6H2,(H,16,17)(H,19,20)(H,21,22). The minimum atomic E-state index is -1.10. The van der Waals surface area contributed by atoms with E-state index in [1.807, 2.05) is 24.3 Å². The molecule has 0 fully saturated rings. The number of fused-ring (bicyclic) bond motifs is 1. The van der Waals surface area contributed by atoms with Crippen LogP contribution in [0.2, 0.25) is 0 Å². The summed E-state index contributed by atoms with van der Waals surface area (Å²) in [7, 11) is 0. The zero-order valence-corrected chi connectivity index (χ0v) is 11.5. The topological polar surface area (TPSA) is 111 Å². The predicted octanol–water partition coefficient (Wildman–Crippen LogP) is 1.32. The number of aromatic amines is 2. The Morgan fingerprint density at radius 3 is 2.82 bits per heavy atom. The van der Waals surface area contributed by atoms with Crippen molar-refractivity contribution in [2.75, 3.05) is 0 Å². The van der Waals surface area contributed by atoms with Crippen LogP contribution in [0.4, 0.5) is 0 Å². The molecule has 3 rings (SSSR count). The molecule has 0 spiro atoms. The second-order valence-electron chi connectivity index (χ2n) is 4.90. The summed E-state index contributed by atoms with van der Waals surface area (Å²) in [6.45, 7) is 0. The Morgan fingerprint density at radius 1 is 1.32 bits per heavy atom. The normalized spacial score (nSPS) is 12.2. The number of aliphatic carboxylic acids is 1. The van der Waals surface area contributed by atoms with Gasteiger partial charge < -0.3 is 20.4 Å². The van der Waals surface area contributed by atoms with E-state index in [9.17, 15) is 14.7 Å². The van der Waals surface area contributed by atoms with Crippen LogP contribution in [0.5, 0.6) is 0 Å². The third-order valence-electron chi connectivity index (χ3n) is 3.35. The first-order chi connectivity index (χ1) is 10.6. The van der Waals surface area contributed by atoms with Gasteiger partial charge in [0.15, 0.2) is 0 Å². The van der Waals surface area contributed by atoms with Crippen LogP contribution in [0.3, 0.4) is 0 Å². The van der Waals surface area contributed by atoms with E-state index in [4.69, 9.17) is 0 Å². The summed E-state index contributed by atoms with van der Waals surface area (Å²) in [5.74, 6) is -1.56. The van der Waals surface area contributed by atoms with Gasteiger partial charge in [0.1, 0.15) is 11.7 Å². The third kappa shape index (κ3) is 2.83. The fourth-order valence-corrected chi connectivity index (χ4v) is 2.24. The molecule has 0 saturated heterocycles. The number of carboxylic acids is 1. The van der Waals surface area contributed by atoms with Crippen molar-refractivity contribution >= 4 is 22.8 Å².